The molecule has 2 aromatic rings. The van der Waals surface area contributed by atoms with Crippen molar-refractivity contribution in [3.63, 3.8) is 0 Å². The first-order valence-corrected chi connectivity index (χ1v) is 8.85. The molecular weight excluding hydrogens is 336 g/mol. The van der Waals surface area contributed by atoms with Crippen molar-refractivity contribution >= 4 is 17.5 Å². The van der Waals surface area contributed by atoms with E-state index in [1.165, 1.54) is 0 Å². The Labute approximate surface area is 153 Å². The molecule has 4 nitrogen and oxygen atoms in total. The molecule has 1 aliphatic heterocycles. The number of carbonyl (C=O) groups excluding carboxylic acids is 1. The van der Waals surface area contributed by atoms with Crippen LogP contribution in [0.3, 0.4) is 0 Å². The minimum atomic E-state index is 0.00675. The van der Waals surface area contributed by atoms with Crippen LogP contribution in [0.4, 0.5) is 0 Å². The molecule has 1 atom stereocenters. The molecular formula is C20H23ClN2O2. The predicted octanol–water partition coefficient (Wildman–Crippen LogP) is 3.37. The third-order valence-electron chi connectivity index (χ3n) is 4.63. The highest BCUT2D eigenvalue weighted by Gasteiger charge is 2.28. The summed E-state index contributed by atoms with van der Waals surface area (Å²) in [5.74, 6) is 0.939. The van der Waals surface area contributed by atoms with E-state index < -0.39 is 0 Å². The number of piperazine rings is 1. The molecule has 1 aliphatic rings. The van der Waals surface area contributed by atoms with Crippen LogP contribution in [0, 0.1) is 6.92 Å². The van der Waals surface area contributed by atoms with Gasteiger partial charge in [-0.2, -0.15) is 0 Å². The SMILES string of the molecule is COc1cc(CC(=O)N2CCNCC2c2cccc(Cl)c2)ccc1C. The molecule has 0 saturated carbocycles. The number of aryl methyl sites for hydroxylation is 1. The van der Waals surface area contributed by atoms with Gasteiger partial charge in [-0.25, -0.2) is 0 Å². The summed E-state index contributed by atoms with van der Waals surface area (Å²) in [5.41, 5.74) is 3.10. The monoisotopic (exact) mass is 358 g/mol. The number of amides is 1. The van der Waals surface area contributed by atoms with Crippen LogP contribution in [0.1, 0.15) is 22.7 Å². The maximum atomic E-state index is 12.9. The van der Waals surface area contributed by atoms with E-state index in [-0.39, 0.29) is 11.9 Å². The summed E-state index contributed by atoms with van der Waals surface area (Å²) in [6, 6.07) is 13.7. The zero-order chi connectivity index (χ0) is 17.8. The smallest absolute Gasteiger partial charge is 0.227 e. The molecule has 0 bridgehead atoms. The molecule has 25 heavy (non-hydrogen) atoms. The number of halogens is 1. The fraction of sp³-hybridized carbons (Fsp3) is 0.350. The Kier molecular flexibility index (Phi) is 5.61. The second-order valence-corrected chi connectivity index (χ2v) is 6.78. The van der Waals surface area contributed by atoms with Gasteiger partial charge in [-0.05, 0) is 41.8 Å². The highest BCUT2D eigenvalue weighted by Crippen LogP contribution is 2.26. The molecule has 2 aromatic carbocycles. The Morgan fingerprint density at radius 1 is 1.32 bits per heavy atom. The van der Waals surface area contributed by atoms with Crippen molar-refractivity contribution in [3.8, 4) is 5.75 Å². The highest BCUT2D eigenvalue weighted by molar-refractivity contribution is 6.30. The number of nitrogens with zero attached hydrogens (tertiary/aromatic N) is 1. The lowest BCUT2D eigenvalue weighted by Crippen LogP contribution is -2.49. The third kappa shape index (κ3) is 4.14. The average molecular weight is 359 g/mol. The van der Waals surface area contributed by atoms with Crippen LogP contribution in [-0.2, 0) is 11.2 Å². The first kappa shape index (κ1) is 17.8. The Hall–Kier alpha value is -2.04. The van der Waals surface area contributed by atoms with Gasteiger partial charge in [0.25, 0.3) is 0 Å². The summed E-state index contributed by atoms with van der Waals surface area (Å²) in [7, 11) is 1.65. The van der Waals surface area contributed by atoms with Gasteiger partial charge in [-0.15, -0.1) is 0 Å². The average Bonchev–Trinajstić information content (AvgIpc) is 2.63. The summed E-state index contributed by atoms with van der Waals surface area (Å²) in [4.78, 5) is 14.9. The zero-order valence-electron chi connectivity index (χ0n) is 14.6. The Bertz CT molecular complexity index is 763. The van der Waals surface area contributed by atoms with Gasteiger partial charge in [-0.3, -0.25) is 4.79 Å². The Morgan fingerprint density at radius 2 is 2.16 bits per heavy atom. The number of nitrogens with one attached hydrogen (secondary N) is 1. The molecule has 132 valence electrons. The lowest BCUT2D eigenvalue weighted by atomic mass is 10.0. The van der Waals surface area contributed by atoms with Gasteiger partial charge >= 0.3 is 0 Å². The third-order valence-corrected chi connectivity index (χ3v) is 4.86. The van der Waals surface area contributed by atoms with Gasteiger partial charge in [0, 0.05) is 24.7 Å². The lowest BCUT2D eigenvalue weighted by Gasteiger charge is -2.36. The largest absolute Gasteiger partial charge is 0.496 e. The molecule has 5 heteroatoms. The predicted molar refractivity (Wildman–Crippen MR) is 100 cm³/mol. The van der Waals surface area contributed by atoms with Crippen molar-refractivity contribution in [2.75, 3.05) is 26.7 Å². The van der Waals surface area contributed by atoms with Crippen LogP contribution in [0.2, 0.25) is 5.02 Å². The summed E-state index contributed by atoms with van der Waals surface area (Å²) in [6.07, 6.45) is 0.369. The highest BCUT2D eigenvalue weighted by atomic mass is 35.5. The van der Waals surface area contributed by atoms with Crippen molar-refractivity contribution in [3.05, 3.63) is 64.2 Å². The van der Waals surface area contributed by atoms with E-state index in [0.29, 0.717) is 18.0 Å². The van der Waals surface area contributed by atoms with Crippen LogP contribution >= 0.6 is 11.6 Å². The summed E-state index contributed by atoms with van der Waals surface area (Å²) in [6.45, 7) is 4.23. The van der Waals surface area contributed by atoms with Crippen molar-refractivity contribution in [1.29, 1.82) is 0 Å². The standard InChI is InChI=1S/C20H23ClN2O2/c1-14-6-7-15(10-19(14)25-2)11-20(24)23-9-8-22-13-18(23)16-4-3-5-17(21)12-16/h3-7,10,12,18,22H,8-9,11,13H2,1-2H3. The molecule has 1 saturated heterocycles. The molecule has 0 aliphatic carbocycles. The molecule has 1 amide bonds. The number of benzene rings is 2. The van der Waals surface area contributed by atoms with Crippen molar-refractivity contribution in [2.45, 2.75) is 19.4 Å². The van der Waals surface area contributed by atoms with Gasteiger partial charge in [0.1, 0.15) is 5.75 Å². The normalized spacial score (nSPS) is 17.4. The zero-order valence-corrected chi connectivity index (χ0v) is 15.3. The fourth-order valence-electron chi connectivity index (χ4n) is 3.27. The second-order valence-electron chi connectivity index (χ2n) is 6.34. The van der Waals surface area contributed by atoms with E-state index in [9.17, 15) is 4.79 Å². The Morgan fingerprint density at radius 3 is 2.92 bits per heavy atom. The number of carbonyl (C=O) groups is 1. The van der Waals surface area contributed by atoms with E-state index in [2.05, 4.69) is 5.32 Å². The minimum Gasteiger partial charge on any atom is -0.496 e. The Balaban J connectivity index is 1.79. The summed E-state index contributed by atoms with van der Waals surface area (Å²) < 4.78 is 5.37. The van der Waals surface area contributed by atoms with Gasteiger partial charge in [0.2, 0.25) is 5.91 Å². The maximum Gasteiger partial charge on any atom is 0.227 e. The summed E-state index contributed by atoms with van der Waals surface area (Å²) in [5, 5.41) is 4.06. The number of methoxy groups -OCH3 is 1. The molecule has 1 unspecified atom stereocenters. The molecule has 0 radical (unpaired) electrons. The van der Waals surface area contributed by atoms with E-state index in [1.807, 2.05) is 54.3 Å². The van der Waals surface area contributed by atoms with Crippen LogP contribution in [0.15, 0.2) is 42.5 Å². The van der Waals surface area contributed by atoms with E-state index in [4.69, 9.17) is 16.3 Å². The van der Waals surface area contributed by atoms with Gasteiger partial charge in [0.05, 0.1) is 19.6 Å². The van der Waals surface area contributed by atoms with Gasteiger partial charge in [-0.1, -0.05) is 35.9 Å². The topological polar surface area (TPSA) is 41.6 Å². The molecule has 1 heterocycles. The number of hydrogen-bond acceptors (Lipinski definition) is 3. The molecule has 0 aromatic heterocycles. The molecule has 3 rings (SSSR count). The van der Waals surface area contributed by atoms with Crippen LogP contribution < -0.4 is 10.1 Å². The van der Waals surface area contributed by atoms with E-state index >= 15 is 0 Å². The molecule has 1 fully saturated rings. The van der Waals surface area contributed by atoms with Crippen molar-refractivity contribution in [2.24, 2.45) is 0 Å². The maximum absolute atomic E-state index is 12.9. The van der Waals surface area contributed by atoms with E-state index in [1.54, 1.807) is 7.11 Å². The second kappa shape index (κ2) is 7.89. The number of ether oxygens (including phenoxy) is 1. The van der Waals surface area contributed by atoms with Crippen LogP contribution in [0.5, 0.6) is 5.75 Å². The van der Waals surface area contributed by atoms with Crippen molar-refractivity contribution in [1.82, 2.24) is 10.2 Å². The van der Waals surface area contributed by atoms with E-state index in [0.717, 1.165) is 35.5 Å². The fourth-order valence-corrected chi connectivity index (χ4v) is 3.46. The van der Waals surface area contributed by atoms with Crippen LogP contribution in [0.25, 0.3) is 0 Å². The molecule has 1 N–H and O–H groups in total. The number of rotatable bonds is 4. The molecule has 0 spiro atoms. The van der Waals surface area contributed by atoms with Crippen molar-refractivity contribution < 1.29 is 9.53 Å². The summed E-state index contributed by atoms with van der Waals surface area (Å²) >= 11 is 6.13. The minimum absolute atomic E-state index is 0.00675. The lowest BCUT2D eigenvalue weighted by molar-refractivity contribution is -0.133. The van der Waals surface area contributed by atoms with Gasteiger partial charge in [0.15, 0.2) is 0 Å². The van der Waals surface area contributed by atoms with Crippen LogP contribution in [-0.4, -0.2) is 37.6 Å². The van der Waals surface area contributed by atoms with Gasteiger partial charge < -0.3 is 15.0 Å². The first-order chi connectivity index (χ1) is 12.1. The first-order valence-electron chi connectivity index (χ1n) is 8.47. The number of hydrogen-bond donors (Lipinski definition) is 1. The quantitative estimate of drug-likeness (QED) is 0.911.